The van der Waals surface area contributed by atoms with E-state index in [1.165, 1.54) is 12.7 Å². The van der Waals surface area contributed by atoms with Crippen molar-refractivity contribution in [2.24, 2.45) is 0 Å². The van der Waals surface area contributed by atoms with E-state index in [9.17, 15) is 9.59 Å². The van der Waals surface area contributed by atoms with Gasteiger partial charge in [-0.1, -0.05) is 24.6 Å². The zero-order chi connectivity index (χ0) is 25.0. The molecule has 2 aliphatic rings. The molecule has 1 saturated carbocycles. The first kappa shape index (κ1) is 23.7. The molecule has 2 aromatic carbocycles. The summed E-state index contributed by atoms with van der Waals surface area (Å²) in [4.78, 5) is 26.6. The minimum Gasteiger partial charge on any atom is -0.497 e. The fraction of sp³-hybridized carbons (Fsp3) is 0.310. The van der Waals surface area contributed by atoms with Crippen molar-refractivity contribution >= 4 is 17.9 Å². The number of para-hydroxylation sites is 1. The van der Waals surface area contributed by atoms with Gasteiger partial charge in [-0.15, -0.1) is 0 Å². The maximum Gasteiger partial charge on any atom is 0.268 e. The van der Waals surface area contributed by atoms with Crippen molar-refractivity contribution in [3.63, 3.8) is 0 Å². The molecule has 3 aromatic rings. The van der Waals surface area contributed by atoms with Crippen LogP contribution in [-0.4, -0.2) is 24.5 Å². The number of carbonyl (C=O) groups is 2. The molecule has 186 valence electrons. The Morgan fingerprint density at radius 3 is 2.50 bits per heavy atom. The van der Waals surface area contributed by atoms with Crippen molar-refractivity contribution in [2.45, 2.75) is 50.2 Å². The summed E-state index contributed by atoms with van der Waals surface area (Å²) in [6.07, 6.45) is 9.13. The maximum atomic E-state index is 13.6. The predicted molar refractivity (Wildman–Crippen MR) is 136 cm³/mol. The van der Waals surface area contributed by atoms with Crippen molar-refractivity contribution in [3.05, 3.63) is 89.5 Å². The second-order valence-electron chi connectivity index (χ2n) is 9.37. The van der Waals surface area contributed by atoms with Gasteiger partial charge < -0.3 is 24.5 Å². The van der Waals surface area contributed by atoms with Crippen LogP contribution >= 0.6 is 0 Å². The summed E-state index contributed by atoms with van der Waals surface area (Å²) in [5.41, 5.74) is 1.18. The molecule has 1 spiro atoms. The van der Waals surface area contributed by atoms with E-state index in [2.05, 4.69) is 10.6 Å². The maximum absolute atomic E-state index is 13.6. The van der Waals surface area contributed by atoms with E-state index < -0.39 is 5.91 Å². The molecule has 7 heteroatoms. The second kappa shape index (κ2) is 10.3. The molecule has 1 atom stereocenters. The van der Waals surface area contributed by atoms with E-state index in [4.69, 9.17) is 13.9 Å². The van der Waals surface area contributed by atoms with Gasteiger partial charge in [-0.25, -0.2) is 0 Å². The highest BCUT2D eigenvalue weighted by atomic mass is 16.5. The Labute approximate surface area is 210 Å². The first-order valence-corrected chi connectivity index (χ1v) is 12.3. The summed E-state index contributed by atoms with van der Waals surface area (Å²) in [5, 5.41) is 5.94. The first-order chi connectivity index (χ1) is 17.5. The summed E-state index contributed by atoms with van der Waals surface area (Å²) in [6.45, 7) is 0. The summed E-state index contributed by atoms with van der Waals surface area (Å²) in [6, 6.07) is 17.8. The average Bonchev–Trinajstić information content (AvgIpc) is 3.42. The molecular formula is C29H30N2O5. The Hall–Kier alpha value is -4.00. The van der Waals surface area contributed by atoms with E-state index in [1.54, 1.807) is 49.6 Å². The fourth-order valence-corrected chi connectivity index (χ4v) is 5.10. The zero-order valence-electron chi connectivity index (χ0n) is 20.3. The molecule has 36 heavy (non-hydrogen) atoms. The number of amides is 2. The number of ether oxygens (including phenoxy) is 2. The molecule has 1 aromatic heterocycles. The van der Waals surface area contributed by atoms with Gasteiger partial charge in [-0.05, 0) is 68.1 Å². The zero-order valence-corrected chi connectivity index (χ0v) is 20.3. The lowest BCUT2D eigenvalue weighted by atomic mass is 9.77. The molecule has 1 aliphatic heterocycles. The largest absolute Gasteiger partial charge is 0.497 e. The fourth-order valence-electron chi connectivity index (χ4n) is 5.10. The highest BCUT2D eigenvalue weighted by Gasteiger charge is 2.42. The number of hydrogen-bond acceptors (Lipinski definition) is 5. The molecule has 2 amide bonds. The molecular weight excluding hydrogens is 456 g/mol. The molecule has 1 aliphatic carbocycles. The summed E-state index contributed by atoms with van der Waals surface area (Å²) in [7, 11) is 1.56. The summed E-state index contributed by atoms with van der Waals surface area (Å²) in [5.74, 6) is 1.13. The second-order valence-corrected chi connectivity index (χ2v) is 9.37. The normalized spacial score (nSPS) is 18.6. The smallest absolute Gasteiger partial charge is 0.268 e. The van der Waals surface area contributed by atoms with Crippen LogP contribution in [0.5, 0.6) is 11.5 Å². The van der Waals surface area contributed by atoms with Crippen LogP contribution < -0.4 is 20.1 Å². The van der Waals surface area contributed by atoms with E-state index in [-0.39, 0.29) is 23.2 Å². The molecule has 2 N–H and O–H groups in total. The summed E-state index contributed by atoms with van der Waals surface area (Å²) >= 11 is 0. The molecule has 2 heterocycles. The van der Waals surface area contributed by atoms with Crippen LogP contribution in [0.3, 0.4) is 0 Å². The van der Waals surface area contributed by atoms with Crippen molar-refractivity contribution in [1.82, 2.24) is 10.6 Å². The number of carbonyl (C=O) groups excluding carboxylic acids is 2. The molecule has 0 saturated heterocycles. The number of nitrogens with one attached hydrogen (secondary N) is 2. The van der Waals surface area contributed by atoms with Crippen LogP contribution in [0, 0.1) is 0 Å². The van der Waals surface area contributed by atoms with Gasteiger partial charge in [0.05, 0.1) is 19.4 Å². The van der Waals surface area contributed by atoms with Crippen molar-refractivity contribution in [1.29, 1.82) is 0 Å². The van der Waals surface area contributed by atoms with Crippen LogP contribution in [0.15, 0.2) is 77.0 Å². The van der Waals surface area contributed by atoms with Gasteiger partial charge in [-0.3, -0.25) is 9.59 Å². The highest BCUT2D eigenvalue weighted by molar-refractivity contribution is 6.05. The third kappa shape index (κ3) is 5.15. The van der Waals surface area contributed by atoms with Gasteiger partial charge in [0.25, 0.3) is 11.8 Å². The SMILES string of the molecule is COc1ccc(C(=O)N/C(=C\c2ccco2)C(=O)NC2CC3(CCCCC3)Oc3ccccc32)cc1. The quantitative estimate of drug-likeness (QED) is 0.455. The minimum atomic E-state index is -0.401. The Balaban J connectivity index is 1.40. The van der Waals surface area contributed by atoms with Crippen LogP contribution in [0.2, 0.25) is 0 Å². The van der Waals surface area contributed by atoms with Crippen molar-refractivity contribution < 1.29 is 23.5 Å². The lowest BCUT2D eigenvalue weighted by Crippen LogP contribution is -2.47. The topological polar surface area (TPSA) is 89.8 Å². The molecule has 0 bridgehead atoms. The van der Waals surface area contributed by atoms with Crippen molar-refractivity contribution in [2.75, 3.05) is 7.11 Å². The highest BCUT2D eigenvalue weighted by Crippen LogP contribution is 2.46. The Morgan fingerprint density at radius 2 is 1.78 bits per heavy atom. The third-order valence-electron chi connectivity index (χ3n) is 6.94. The van der Waals surface area contributed by atoms with Crippen LogP contribution in [0.25, 0.3) is 6.08 Å². The van der Waals surface area contributed by atoms with E-state index in [0.717, 1.165) is 37.0 Å². The molecule has 5 rings (SSSR count). The van der Waals surface area contributed by atoms with E-state index in [1.807, 2.05) is 24.3 Å². The Kier molecular flexibility index (Phi) is 6.80. The number of furan rings is 1. The standard InChI is InChI=1S/C29H30N2O5/c1-34-21-13-11-20(12-14-21)27(32)30-24(18-22-8-7-17-35-22)28(33)31-25-19-29(15-5-2-6-16-29)36-26-10-4-3-9-23(25)26/h3-4,7-14,17-18,25H,2,5-6,15-16,19H2,1H3,(H,30,32)(H,31,33)/b24-18-. The Morgan fingerprint density at radius 1 is 1.00 bits per heavy atom. The molecule has 0 radical (unpaired) electrons. The van der Waals surface area contributed by atoms with Crippen molar-refractivity contribution in [3.8, 4) is 11.5 Å². The monoisotopic (exact) mass is 486 g/mol. The molecule has 7 nitrogen and oxygen atoms in total. The molecule has 1 unspecified atom stereocenters. The minimum absolute atomic E-state index is 0.104. The lowest BCUT2D eigenvalue weighted by molar-refractivity contribution is -0.119. The summed E-state index contributed by atoms with van der Waals surface area (Å²) < 4.78 is 17.1. The number of rotatable bonds is 6. The van der Waals surface area contributed by atoms with Gasteiger partial charge >= 0.3 is 0 Å². The van der Waals surface area contributed by atoms with Gasteiger partial charge in [0.15, 0.2) is 0 Å². The van der Waals surface area contributed by atoms with Crippen LogP contribution in [-0.2, 0) is 4.79 Å². The van der Waals surface area contributed by atoms with Gasteiger partial charge in [0.2, 0.25) is 0 Å². The van der Waals surface area contributed by atoms with Gasteiger partial charge in [0, 0.05) is 23.6 Å². The number of methoxy groups -OCH3 is 1. The van der Waals surface area contributed by atoms with E-state index in [0.29, 0.717) is 23.5 Å². The third-order valence-corrected chi connectivity index (χ3v) is 6.94. The lowest BCUT2D eigenvalue weighted by Gasteiger charge is -2.44. The molecule has 1 fully saturated rings. The first-order valence-electron chi connectivity index (χ1n) is 12.3. The number of fused-ring (bicyclic) bond motifs is 1. The predicted octanol–water partition coefficient (Wildman–Crippen LogP) is 5.40. The van der Waals surface area contributed by atoms with Gasteiger partial charge in [-0.2, -0.15) is 0 Å². The van der Waals surface area contributed by atoms with Crippen LogP contribution in [0.1, 0.15) is 66.2 Å². The average molecular weight is 487 g/mol. The number of hydrogen-bond donors (Lipinski definition) is 2. The van der Waals surface area contributed by atoms with Crippen LogP contribution in [0.4, 0.5) is 0 Å². The van der Waals surface area contributed by atoms with E-state index >= 15 is 0 Å². The van der Waals surface area contributed by atoms with Gasteiger partial charge in [0.1, 0.15) is 28.6 Å². The number of benzene rings is 2. The Bertz CT molecular complexity index is 1240.